The maximum Gasteiger partial charge on any atom is 0.164 e. The molecule has 0 fully saturated rings. The third-order valence-corrected chi connectivity index (χ3v) is 3.36. The van der Waals surface area contributed by atoms with Crippen LogP contribution in [0.15, 0.2) is 24.3 Å². The molecule has 0 aliphatic carbocycles. The normalized spacial score (nSPS) is 18.7. The van der Waals surface area contributed by atoms with Gasteiger partial charge in [0.05, 0.1) is 12.6 Å². The molecule has 0 saturated heterocycles. The van der Waals surface area contributed by atoms with Crippen molar-refractivity contribution in [3.8, 4) is 11.4 Å². The summed E-state index contributed by atoms with van der Waals surface area (Å²) in [4.78, 5) is 0. The Morgan fingerprint density at radius 1 is 1.39 bits per heavy atom. The van der Waals surface area contributed by atoms with Gasteiger partial charge in [0.2, 0.25) is 0 Å². The van der Waals surface area contributed by atoms with E-state index in [0.29, 0.717) is 11.4 Å². The molecule has 5 heteroatoms. The van der Waals surface area contributed by atoms with E-state index in [1.807, 2.05) is 10.6 Å². The quantitative estimate of drug-likeness (QED) is 0.882. The zero-order valence-electron chi connectivity index (χ0n) is 9.88. The first-order valence-electron chi connectivity index (χ1n) is 6.10. The molecule has 0 bridgehead atoms. The molecule has 1 aromatic carbocycles. The molecular formula is C13H14FN3O. The molecule has 1 aromatic heterocycles. The molecule has 0 spiro atoms. The first kappa shape index (κ1) is 11.3. The molecule has 0 saturated carbocycles. The monoisotopic (exact) mass is 247 g/mol. The summed E-state index contributed by atoms with van der Waals surface area (Å²) in [5, 5.41) is 17.7. The van der Waals surface area contributed by atoms with Gasteiger partial charge in [-0.05, 0) is 25.0 Å². The Morgan fingerprint density at radius 2 is 2.28 bits per heavy atom. The number of halogens is 1. The van der Waals surface area contributed by atoms with Crippen molar-refractivity contribution in [1.82, 2.24) is 14.8 Å². The SMILES string of the molecule is OCC1CCCc2nnc(-c3cccc(F)c3)n21. The van der Waals surface area contributed by atoms with Crippen LogP contribution in [-0.2, 0) is 6.42 Å². The van der Waals surface area contributed by atoms with E-state index in [2.05, 4.69) is 10.2 Å². The van der Waals surface area contributed by atoms with Gasteiger partial charge in [0, 0.05) is 12.0 Å². The molecule has 1 atom stereocenters. The van der Waals surface area contributed by atoms with Crippen LogP contribution in [0.1, 0.15) is 24.7 Å². The lowest BCUT2D eigenvalue weighted by molar-refractivity contribution is 0.207. The van der Waals surface area contributed by atoms with Gasteiger partial charge < -0.3 is 9.67 Å². The highest BCUT2D eigenvalue weighted by atomic mass is 19.1. The van der Waals surface area contributed by atoms with Crippen molar-refractivity contribution in [2.24, 2.45) is 0 Å². The van der Waals surface area contributed by atoms with Gasteiger partial charge in [-0.2, -0.15) is 0 Å². The minimum absolute atomic E-state index is 0.00187. The van der Waals surface area contributed by atoms with Crippen molar-refractivity contribution in [3.05, 3.63) is 35.9 Å². The molecule has 2 aromatic rings. The van der Waals surface area contributed by atoms with E-state index in [0.717, 1.165) is 25.1 Å². The van der Waals surface area contributed by atoms with E-state index < -0.39 is 0 Å². The third kappa shape index (κ3) is 1.80. The Bertz CT molecular complexity index is 567. The van der Waals surface area contributed by atoms with Crippen LogP contribution in [0.25, 0.3) is 11.4 Å². The number of aliphatic hydroxyl groups is 1. The lowest BCUT2D eigenvalue weighted by Crippen LogP contribution is -2.21. The van der Waals surface area contributed by atoms with E-state index in [1.54, 1.807) is 6.07 Å². The summed E-state index contributed by atoms with van der Waals surface area (Å²) >= 11 is 0. The van der Waals surface area contributed by atoms with E-state index >= 15 is 0 Å². The number of fused-ring (bicyclic) bond motifs is 1. The number of aryl methyl sites for hydroxylation is 1. The lowest BCUT2D eigenvalue weighted by Gasteiger charge is -2.24. The fraction of sp³-hybridized carbons (Fsp3) is 0.385. The number of hydrogen-bond acceptors (Lipinski definition) is 3. The second-order valence-corrected chi connectivity index (χ2v) is 4.55. The zero-order chi connectivity index (χ0) is 12.5. The summed E-state index contributed by atoms with van der Waals surface area (Å²) in [6.45, 7) is 0.0629. The van der Waals surface area contributed by atoms with Crippen molar-refractivity contribution in [3.63, 3.8) is 0 Å². The van der Waals surface area contributed by atoms with E-state index in [-0.39, 0.29) is 18.5 Å². The number of rotatable bonds is 2. The lowest BCUT2D eigenvalue weighted by atomic mass is 10.0. The van der Waals surface area contributed by atoms with Gasteiger partial charge in [-0.15, -0.1) is 10.2 Å². The van der Waals surface area contributed by atoms with Crippen molar-refractivity contribution in [2.45, 2.75) is 25.3 Å². The van der Waals surface area contributed by atoms with Crippen molar-refractivity contribution >= 4 is 0 Å². The van der Waals surface area contributed by atoms with Crippen LogP contribution in [0.5, 0.6) is 0 Å². The van der Waals surface area contributed by atoms with Crippen LogP contribution in [0.2, 0.25) is 0 Å². The van der Waals surface area contributed by atoms with E-state index in [4.69, 9.17) is 0 Å². The fourth-order valence-corrected chi connectivity index (χ4v) is 2.50. The van der Waals surface area contributed by atoms with Crippen LogP contribution in [0, 0.1) is 5.82 Å². The van der Waals surface area contributed by atoms with Crippen LogP contribution < -0.4 is 0 Å². The predicted octanol–water partition coefficient (Wildman–Crippen LogP) is 1.95. The van der Waals surface area contributed by atoms with Gasteiger partial charge in [-0.25, -0.2) is 4.39 Å². The van der Waals surface area contributed by atoms with Crippen molar-refractivity contribution in [1.29, 1.82) is 0 Å². The maximum atomic E-state index is 13.3. The summed E-state index contributed by atoms with van der Waals surface area (Å²) in [5.41, 5.74) is 0.703. The molecule has 94 valence electrons. The second-order valence-electron chi connectivity index (χ2n) is 4.55. The largest absolute Gasteiger partial charge is 0.394 e. The number of hydrogen-bond donors (Lipinski definition) is 1. The molecule has 18 heavy (non-hydrogen) atoms. The van der Waals surface area contributed by atoms with Gasteiger partial charge in [0.25, 0.3) is 0 Å². The molecule has 1 N–H and O–H groups in total. The molecule has 1 aliphatic heterocycles. The zero-order valence-corrected chi connectivity index (χ0v) is 9.88. The Morgan fingerprint density at radius 3 is 3.06 bits per heavy atom. The minimum Gasteiger partial charge on any atom is -0.394 e. The van der Waals surface area contributed by atoms with E-state index in [1.165, 1.54) is 12.1 Å². The van der Waals surface area contributed by atoms with Crippen LogP contribution >= 0.6 is 0 Å². The third-order valence-electron chi connectivity index (χ3n) is 3.36. The average molecular weight is 247 g/mol. The highest BCUT2D eigenvalue weighted by Crippen LogP contribution is 2.29. The van der Waals surface area contributed by atoms with Crippen LogP contribution in [0.4, 0.5) is 4.39 Å². The number of aliphatic hydroxyl groups excluding tert-OH is 1. The smallest absolute Gasteiger partial charge is 0.164 e. The Labute approximate surface area is 104 Å². The molecule has 1 aliphatic rings. The molecule has 2 heterocycles. The molecule has 3 rings (SSSR count). The van der Waals surface area contributed by atoms with Gasteiger partial charge >= 0.3 is 0 Å². The fourth-order valence-electron chi connectivity index (χ4n) is 2.50. The highest BCUT2D eigenvalue weighted by Gasteiger charge is 2.24. The molecule has 0 amide bonds. The standard InChI is InChI=1S/C13H14FN3O/c14-10-4-1-3-9(7-10)13-16-15-12-6-2-5-11(8-18)17(12)13/h1,3-4,7,11,18H,2,5-6,8H2. The van der Waals surface area contributed by atoms with Crippen LogP contribution in [-0.4, -0.2) is 26.5 Å². The summed E-state index contributed by atoms with van der Waals surface area (Å²) in [6.07, 6.45) is 2.77. The first-order chi connectivity index (χ1) is 8.79. The molecule has 1 unspecified atom stereocenters. The van der Waals surface area contributed by atoms with Gasteiger partial charge in [-0.1, -0.05) is 12.1 Å². The van der Waals surface area contributed by atoms with Crippen molar-refractivity contribution < 1.29 is 9.50 Å². The van der Waals surface area contributed by atoms with E-state index in [9.17, 15) is 9.50 Å². The van der Waals surface area contributed by atoms with Gasteiger partial charge in [-0.3, -0.25) is 0 Å². The summed E-state index contributed by atoms with van der Waals surface area (Å²) in [7, 11) is 0. The topological polar surface area (TPSA) is 50.9 Å². The number of nitrogens with zero attached hydrogens (tertiary/aromatic N) is 3. The molecule has 4 nitrogen and oxygen atoms in total. The summed E-state index contributed by atoms with van der Waals surface area (Å²) in [5.74, 6) is 1.23. The summed E-state index contributed by atoms with van der Waals surface area (Å²) in [6, 6.07) is 6.31. The first-order valence-corrected chi connectivity index (χ1v) is 6.10. The minimum atomic E-state index is -0.291. The Balaban J connectivity index is 2.11. The van der Waals surface area contributed by atoms with Crippen LogP contribution in [0.3, 0.4) is 0 Å². The number of aromatic nitrogens is 3. The Kier molecular flexibility index (Phi) is 2.83. The van der Waals surface area contributed by atoms with Gasteiger partial charge in [0.1, 0.15) is 11.6 Å². The second kappa shape index (κ2) is 4.49. The number of benzene rings is 1. The summed E-state index contributed by atoms with van der Waals surface area (Å²) < 4.78 is 15.2. The Hall–Kier alpha value is -1.75. The predicted molar refractivity (Wildman–Crippen MR) is 64.5 cm³/mol. The molecule has 0 radical (unpaired) electrons. The highest BCUT2D eigenvalue weighted by molar-refractivity contribution is 5.55. The average Bonchev–Trinajstić information content (AvgIpc) is 2.82. The van der Waals surface area contributed by atoms with Gasteiger partial charge in [0.15, 0.2) is 5.82 Å². The van der Waals surface area contributed by atoms with Crippen molar-refractivity contribution in [2.75, 3.05) is 6.61 Å². The maximum absolute atomic E-state index is 13.3. The molecular weight excluding hydrogens is 233 g/mol.